The highest BCUT2D eigenvalue weighted by Crippen LogP contribution is 2.25. The van der Waals surface area contributed by atoms with Crippen LogP contribution < -0.4 is 10.0 Å². The van der Waals surface area contributed by atoms with Crippen molar-refractivity contribution in [1.82, 2.24) is 0 Å². The van der Waals surface area contributed by atoms with E-state index < -0.39 is 38.3 Å². The first-order valence-corrected chi connectivity index (χ1v) is 9.29. The number of benzene rings is 2. The minimum atomic E-state index is -4.49. The number of anilines is 2. The molecule has 2 aromatic carbocycles. The number of rotatable bonds is 5. The Balaban J connectivity index is 1.88. The molecular formula is C18H13F3N2O4S. The SMILES string of the molecule is Cc1occc1C(=O)Nc1cc(NS(=O)(=O)c2cccc(F)c2F)ccc1F. The molecule has 0 spiro atoms. The quantitative estimate of drug-likeness (QED) is 0.664. The highest BCUT2D eigenvalue weighted by molar-refractivity contribution is 7.92. The van der Waals surface area contributed by atoms with Crippen molar-refractivity contribution in [3.63, 3.8) is 0 Å². The standard InChI is InChI=1S/C18H13F3N2O4S/c1-10-12(7-8-27-10)18(24)22-15-9-11(5-6-13(15)19)23-28(25,26)16-4-2-3-14(20)17(16)21/h2-9,23H,1H3,(H,22,24). The summed E-state index contributed by atoms with van der Waals surface area (Å²) in [6.07, 6.45) is 1.29. The molecule has 2 N–H and O–H groups in total. The molecule has 3 rings (SSSR count). The van der Waals surface area contributed by atoms with E-state index in [1.54, 1.807) is 6.92 Å². The lowest BCUT2D eigenvalue weighted by Crippen LogP contribution is -2.16. The molecule has 146 valence electrons. The summed E-state index contributed by atoms with van der Waals surface area (Å²) in [5.41, 5.74) is -0.304. The lowest BCUT2D eigenvalue weighted by molar-refractivity contribution is 0.102. The zero-order chi connectivity index (χ0) is 20.5. The summed E-state index contributed by atoms with van der Waals surface area (Å²) in [6.45, 7) is 1.55. The zero-order valence-electron chi connectivity index (χ0n) is 14.3. The molecule has 0 bridgehead atoms. The molecule has 1 aromatic heterocycles. The molecule has 3 aromatic rings. The van der Waals surface area contributed by atoms with Crippen LogP contribution in [-0.4, -0.2) is 14.3 Å². The molecule has 0 saturated carbocycles. The van der Waals surface area contributed by atoms with E-state index in [1.165, 1.54) is 12.3 Å². The second-order valence-corrected chi connectivity index (χ2v) is 7.35. The van der Waals surface area contributed by atoms with Crippen molar-refractivity contribution < 1.29 is 30.8 Å². The molecule has 0 aliphatic carbocycles. The Morgan fingerprint density at radius 2 is 1.79 bits per heavy atom. The van der Waals surface area contributed by atoms with Gasteiger partial charge in [0, 0.05) is 0 Å². The second-order valence-electron chi connectivity index (χ2n) is 5.70. The van der Waals surface area contributed by atoms with Gasteiger partial charge in [-0.25, -0.2) is 21.6 Å². The van der Waals surface area contributed by atoms with Gasteiger partial charge in [-0.05, 0) is 43.3 Å². The summed E-state index contributed by atoms with van der Waals surface area (Å²) in [4.78, 5) is 11.3. The van der Waals surface area contributed by atoms with Crippen molar-refractivity contribution in [3.8, 4) is 0 Å². The smallest absolute Gasteiger partial charge is 0.264 e. The predicted molar refractivity (Wildman–Crippen MR) is 95.0 cm³/mol. The maximum Gasteiger partial charge on any atom is 0.264 e. The van der Waals surface area contributed by atoms with Gasteiger partial charge in [0.25, 0.3) is 15.9 Å². The Morgan fingerprint density at radius 1 is 1.04 bits per heavy atom. The minimum absolute atomic E-state index is 0.163. The third-order valence-electron chi connectivity index (χ3n) is 3.78. The van der Waals surface area contributed by atoms with Crippen LogP contribution in [0.15, 0.2) is 58.0 Å². The Labute approximate surface area is 158 Å². The molecule has 0 aliphatic rings. The van der Waals surface area contributed by atoms with Crippen LogP contribution in [0.3, 0.4) is 0 Å². The number of carbonyl (C=O) groups is 1. The molecule has 0 saturated heterocycles. The highest BCUT2D eigenvalue weighted by Gasteiger charge is 2.22. The molecule has 0 atom stereocenters. The highest BCUT2D eigenvalue weighted by atomic mass is 32.2. The number of furan rings is 1. The number of amides is 1. The Hall–Kier alpha value is -3.27. The summed E-state index contributed by atoms with van der Waals surface area (Å²) in [5, 5.41) is 2.30. The summed E-state index contributed by atoms with van der Waals surface area (Å²) in [7, 11) is -4.49. The van der Waals surface area contributed by atoms with Crippen LogP contribution >= 0.6 is 0 Å². The number of nitrogens with one attached hydrogen (secondary N) is 2. The van der Waals surface area contributed by atoms with Crippen molar-refractivity contribution in [3.05, 3.63) is 77.5 Å². The topological polar surface area (TPSA) is 88.4 Å². The minimum Gasteiger partial charge on any atom is -0.469 e. The fraction of sp³-hybridized carbons (Fsp3) is 0.0556. The molecule has 6 nitrogen and oxygen atoms in total. The van der Waals surface area contributed by atoms with E-state index in [4.69, 9.17) is 4.42 Å². The van der Waals surface area contributed by atoms with Crippen LogP contribution in [0.2, 0.25) is 0 Å². The summed E-state index contributed by atoms with van der Waals surface area (Å²) < 4.78 is 72.8. The number of hydrogen-bond donors (Lipinski definition) is 2. The zero-order valence-corrected chi connectivity index (χ0v) is 15.1. The number of sulfonamides is 1. The lowest BCUT2D eigenvalue weighted by Gasteiger charge is -2.12. The largest absolute Gasteiger partial charge is 0.469 e. The van der Waals surface area contributed by atoms with E-state index in [-0.39, 0.29) is 16.9 Å². The first-order valence-electron chi connectivity index (χ1n) is 7.81. The van der Waals surface area contributed by atoms with Gasteiger partial charge >= 0.3 is 0 Å². The average molecular weight is 410 g/mol. The maximum atomic E-state index is 14.0. The van der Waals surface area contributed by atoms with Gasteiger partial charge < -0.3 is 9.73 Å². The molecule has 0 fully saturated rings. The van der Waals surface area contributed by atoms with Crippen LogP contribution in [0.25, 0.3) is 0 Å². The Bertz CT molecular complexity index is 1160. The van der Waals surface area contributed by atoms with E-state index in [0.717, 1.165) is 36.4 Å². The van der Waals surface area contributed by atoms with Crippen molar-refractivity contribution >= 4 is 27.3 Å². The van der Waals surface area contributed by atoms with Gasteiger partial charge in [0.15, 0.2) is 11.6 Å². The van der Waals surface area contributed by atoms with Gasteiger partial charge in [-0.15, -0.1) is 0 Å². The Morgan fingerprint density at radius 3 is 2.46 bits per heavy atom. The number of carbonyl (C=O) groups excluding carboxylic acids is 1. The molecule has 0 aliphatic heterocycles. The van der Waals surface area contributed by atoms with E-state index in [1.807, 2.05) is 4.72 Å². The van der Waals surface area contributed by atoms with Gasteiger partial charge in [-0.1, -0.05) is 6.07 Å². The summed E-state index contributed by atoms with van der Waals surface area (Å²) in [5.74, 6) is -4.04. The van der Waals surface area contributed by atoms with Gasteiger partial charge in [0.05, 0.1) is 23.2 Å². The fourth-order valence-electron chi connectivity index (χ4n) is 2.40. The van der Waals surface area contributed by atoms with Crippen LogP contribution in [0.5, 0.6) is 0 Å². The first-order chi connectivity index (χ1) is 13.2. The van der Waals surface area contributed by atoms with Gasteiger partial charge in [-0.2, -0.15) is 0 Å². The molecule has 0 radical (unpaired) electrons. The fourth-order valence-corrected chi connectivity index (χ4v) is 3.53. The molecule has 10 heteroatoms. The number of halogens is 3. The maximum absolute atomic E-state index is 14.0. The van der Waals surface area contributed by atoms with Gasteiger partial charge in [-0.3, -0.25) is 9.52 Å². The van der Waals surface area contributed by atoms with Crippen LogP contribution in [-0.2, 0) is 10.0 Å². The number of hydrogen-bond acceptors (Lipinski definition) is 4. The summed E-state index contributed by atoms with van der Waals surface area (Å²) >= 11 is 0. The van der Waals surface area contributed by atoms with Crippen LogP contribution in [0, 0.1) is 24.4 Å². The molecular weight excluding hydrogens is 397 g/mol. The van der Waals surface area contributed by atoms with E-state index >= 15 is 0 Å². The van der Waals surface area contributed by atoms with Crippen molar-refractivity contribution in [2.75, 3.05) is 10.0 Å². The van der Waals surface area contributed by atoms with Crippen LogP contribution in [0.1, 0.15) is 16.1 Å². The predicted octanol–water partition coefficient (Wildman–Crippen LogP) is 4.06. The molecule has 28 heavy (non-hydrogen) atoms. The second kappa shape index (κ2) is 7.39. The molecule has 0 unspecified atom stereocenters. The van der Waals surface area contributed by atoms with E-state index in [9.17, 15) is 26.4 Å². The lowest BCUT2D eigenvalue weighted by atomic mass is 10.2. The third-order valence-corrected chi connectivity index (χ3v) is 5.17. The molecule has 1 amide bonds. The van der Waals surface area contributed by atoms with Gasteiger partial charge in [0.1, 0.15) is 16.5 Å². The van der Waals surface area contributed by atoms with E-state index in [2.05, 4.69) is 5.32 Å². The van der Waals surface area contributed by atoms with E-state index in [0.29, 0.717) is 5.76 Å². The Kier molecular flexibility index (Phi) is 5.14. The van der Waals surface area contributed by atoms with Gasteiger partial charge in [0.2, 0.25) is 0 Å². The molecule has 1 heterocycles. The monoisotopic (exact) mass is 410 g/mol. The van der Waals surface area contributed by atoms with Crippen molar-refractivity contribution in [1.29, 1.82) is 0 Å². The summed E-state index contributed by atoms with van der Waals surface area (Å²) in [6, 6.07) is 7.09. The third kappa shape index (κ3) is 3.86. The normalized spacial score (nSPS) is 11.3. The van der Waals surface area contributed by atoms with Crippen LogP contribution in [0.4, 0.5) is 24.5 Å². The van der Waals surface area contributed by atoms with Crippen molar-refractivity contribution in [2.24, 2.45) is 0 Å². The van der Waals surface area contributed by atoms with Crippen molar-refractivity contribution in [2.45, 2.75) is 11.8 Å². The number of aryl methyl sites for hydroxylation is 1. The average Bonchev–Trinajstić information content (AvgIpc) is 3.06. The first kappa shape index (κ1) is 19.5.